The molecule has 0 radical (unpaired) electrons. The number of rotatable bonds is 6. The van der Waals surface area contributed by atoms with Gasteiger partial charge in [0.25, 0.3) is 6.08 Å². The first-order valence-electron chi connectivity index (χ1n) is 8.50. The lowest BCUT2D eigenvalue weighted by Gasteiger charge is -2.02. The highest BCUT2D eigenvalue weighted by Crippen LogP contribution is 2.38. The van der Waals surface area contributed by atoms with Crippen LogP contribution in [-0.4, -0.2) is 27.7 Å². The summed E-state index contributed by atoms with van der Waals surface area (Å²) in [6.07, 6.45) is -0.752. The van der Waals surface area contributed by atoms with E-state index in [0.717, 1.165) is 14.8 Å². The third-order valence-electron chi connectivity index (χ3n) is 4.38. The topological polar surface area (TPSA) is 84.3 Å². The molecule has 1 aromatic carbocycles. The van der Waals surface area contributed by atoms with Gasteiger partial charge in [0, 0.05) is 17.0 Å². The molecule has 0 bridgehead atoms. The van der Waals surface area contributed by atoms with E-state index in [0.29, 0.717) is 21.3 Å². The molecule has 11 heteroatoms. The van der Waals surface area contributed by atoms with E-state index in [4.69, 9.17) is 15.2 Å². The number of nitrogens with zero attached hydrogens (tertiary/aromatic N) is 3. The van der Waals surface area contributed by atoms with Crippen LogP contribution in [-0.2, 0) is 13.1 Å². The third-order valence-corrected chi connectivity index (χ3v) is 5.52. The Bertz CT molecular complexity index is 1150. The van der Waals surface area contributed by atoms with Crippen LogP contribution in [0.1, 0.15) is 4.88 Å². The van der Waals surface area contributed by atoms with Crippen molar-refractivity contribution in [1.29, 1.82) is 0 Å². The molecule has 2 N–H and O–H groups in total. The van der Waals surface area contributed by atoms with E-state index in [1.54, 1.807) is 18.2 Å². The van der Waals surface area contributed by atoms with Gasteiger partial charge < -0.3 is 15.2 Å². The molecule has 0 fully saturated rings. The van der Waals surface area contributed by atoms with Crippen LogP contribution in [0.4, 0.5) is 13.2 Å². The predicted octanol–water partition coefficient (Wildman–Crippen LogP) is 2.80. The van der Waals surface area contributed by atoms with Crippen molar-refractivity contribution in [2.75, 3.05) is 13.3 Å². The van der Waals surface area contributed by atoms with E-state index in [9.17, 15) is 18.0 Å². The van der Waals surface area contributed by atoms with Crippen molar-refractivity contribution in [2.24, 2.45) is 5.73 Å². The maximum Gasteiger partial charge on any atom is 0.346 e. The number of hydrogen-bond acceptors (Lipinski definition) is 6. The summed E-state index contributed by atoms with van der Waals surface area (Å²) in [6.45, 7) is -0.733. The van der Waals surface area contributed by atoms with E-state index < -0.39 is 24.1 Å². The molecule has 1 aliphatic heterocycles. The minimum atomic E-state index is -1.94. The summed E-state index contributed by atoms with van der Waals surface area (Å²) in [5, 5.41) is 3.81. The van der Waals surface area contributed by atoms with Gasteiger partial charge in [-0.2, -0.15) is 13.9 Å². The lowest BCUT2D eigenvalue weighted by atomic mass is 10.1. The van der Waals surface area contributed by atoms with Crippen LogP contribution in [0.2, 0.25) is 0 Å². The van der Waals surface area contributed by atoms with Gasteiger partial charge >= 0.3 is 5.69 Å². The summed E-state index contributed by atoms with van der Waals surface area (Å²) in [5.41, 5.74) is 5.00. The minimum absolute atomic E-state index is 0.0698. The van der Waals surface area contributed by atoms with E-state index in [1.165, 1.54) is 23.7 Å². The van der Waals surface area contributed by atoms with Gasteiger partial charge in [-0.15, -0.1) is 11.3 Å². The molecule has 2 aromatic heterocycles. The molecule has 0 atom stereocenters. The third kappa shape index (κ3) is 3.78. The van der Waals surface area contributed by atoms with Crippen molar-refractivity contribution in [2.45, 2.75) is 13.1 Å². The number of aromatic nitrogens is 3. The lowest BCUT2D eigenvalue weighted by Crippen LogP contribution is -2.27. The summed E-state index contributed by atoms with van der Waals surface area (Å²) in [6, 6.07) is 6.67. The van der Waals surface area contributed by atoms with Crippen molar-refractivity contribution in [3.63, 3.8) is 0 Å². The van der Waals surface area contributed by atoms with Crippen molar-refractivity contribution in [1.82, 2.24) is 14.3 Å². The molecule has 7 nitrogen and oxygen atoms in total. The maximum atomic E-state index is 14.5. The van der Waals surface area contributed by atoms with Crippen LogP contribution in [0, 0.1) is 5.82 Å². The number of halogens is 3. The zero-order valence-electron chi connectivity index (χ0n) is 14.9. The van der Waals surface area contributed by atoms with Crippen LogP contribution < -0.4 is 20.9 Å². The molecule has 0 spiro atoms. The fourth-order valence-corrected chi connectivity index (χ4v) is 3.86. The second-order valence-corrected chi connectivity index (χ2v) is 7.35. The second-order valence-electron chi connectivity index (χ2n) is 6.22. The molecule has 0 aliphatic carbocycles. The highest BCUT2D eigenvalue weighted by atomic mass is 32.1. The van der Waals surface area contributed by atoms with Gasteiger partial charge in [0.05, 0.1) is 18.0 Å². The van der Waals surface area contributed by atoms with E-state index in [1.807, 2.05) is 0 Å². The first-order chi connectivity index (χ1) is 14.0. The molecular weight excluding hydrogens is 409 g/mol. The van der Waals surface area contributed by atoms with Gasteiger partial charge in [-0.25, -0.2) is 13.9 Å². The summed E-state index contributed by atoms with van der Waals surface area (Å²) in [4.78, 5) is 13.3. The quantitative estimate of drug-likeness (QED) is 0.658. The average Bonchev–Trinajstić information content (AvgIpc) is 3.40. The van der Waals surface area contributed by atoms with Crippen LogP contribution in [0.5, 0.6) is 11.5 Å². The first-order valence-corrected chi connectivity index (χ1v) is 9.31. The van der Waals surface area contributed by atoms with Crippen LogP contribution in [0.15, 0.2) is 47.0 Å². The summed E-state index contributed by atoms with van der Waals surface area (Å²) in [7, 11) is 0. The number of nitrogens with two attached hydrogens (primary N) is 1. The fraction of sp³-hybridized carbons (Fsp3) is 0.222. The molecule has 0 saturated heterocycles. The summed E-state index contributed by atoms with van der Waals surface area (Å²) >= 11 is 1.18. The fourth-order valence-electron chi connectivity index (χ4n) is 2.83. The van der Waals surface area contributed by atoms with Crippen LogP contribution in [0.3, 0.4) is 0 Å². The monoisotopic (exact) mass is 424 g/mol. The van der Waals surface area contributed by atoms with Gasteiger partial charge in [0.1, 0.15) is 12.1 Å². The van der Waals surface area contributed by atoms with Gasteiger partial charge in [-0.05, 0) is 29.8 Å². The number of fused-ring (bicyclic) bond motifs is 1. The van der Waals surface area contributed by atoms with Crippen LogP contribution in [0.25, 0.3) is 10.4 Å². The molecule has 152 valence electrons. The van der Waals surface area contributed by atoms with Gasteiger partial charge in [0.2, 0.25) is 6.79 Å². The SMILES string of the molecule is NCC(Cn1ncn(Cc2sc(-c3ccc4c(c3)OCO4)cc2F)c1=O)=C(F)F. The van der Waals surface area contributed by atoms with Crippen LogP contribution >= 0.6 is 11.3 Å². The molecule has 1 aliphatic rings. The minimum Gasteiger partial charge on any atom is -0.454 e. The highest BCUT2D eigenvalue weighted by molar-refractivity contribution is 7.15. The largest absolute Gasteiger partial charge is 0.454 e. The molecule has 4 rings (SSSR count). The van der Waals surface area contributed by atoms with Gasteiger partial charge in [0.15, 0.2) is 11.5 Å². The number of thiophene rings is 1. The standard InChI is InChI=1S/C18H15F3N4O3S/c19-12-4-15(10-1-2-13-14(3-10)28-9-27-13)29-16(12)7-24-8-23-25(18(24)26)6-11(5-22)17(20)21/h1-4,8H,5-7,9,22H2. The Morgan fingerprint density at radius 2 is 2.03 bits per heavy atom. The highest BCUT2D eigenvalue weighted by Gasteiger charge is 2.18. The van der Waals surface area contributed by atoms with E-state index in [-0.39, 0.29) is 25.5 Å². The van der Waals surface area contributed by atoms with Gasteiger partial charge in [-0.1, -0.05) is 0 Å². The molecule has 0 unspecified atom stereocenters. The Hall–Kier alpha value is -3.05. The average molecular weight is 424 g/mol. The molecule has 0 saturated carbocycles. The normalized spacial score (nSPS) is 12.4. The maximum absolute atomic E-state index is 14.5. The Morgan fingerprint density at radius 1 is 1.24 bits per heavy atom. The van der Waals surface area contributed by atoms with Crippen molar-refractivity contribution in [3.05, 3.63) is 63.4 Å². The Balaban J connectivity index is 1.57. The molecule has 3 heterocycles. The lowest BCUT2D eigenvalue weighted by molar-refractivity contribution is 0.174. The first kappa shape index (κ1) is 19.3. The zero-order chi connectivity index (χ0) is 20.5. The smallest absolute Gasteiger partial charge is 0.346 e. The molecule has 29 heavy (non-hydrogen) atoms. The number of ether oxygens (including phenoxy) is 2. The second kappa shape index (κ2) is 7.76. The van der Waals surface area contributed by atoms with E-state index >= 15 is 0 Å². The molecular formula is C18H15F3N4O3S. The van der Waals surface area contributed by atoms with Crippen molar-refractivity contribution < 1.29 is 22.6 Å². The van der Waals surface area contributed by atoms with Crippen molar-refractivity contribution >= 4 is 11.3 Å². The molecule has 3 aromatic rings. The molecule has 0 amide bonds. The predicted molar refractivity (Wildman–Crippen MR) is 99.7 cm³/mol. The van der Waals surface area contributed by atoms with Crippen molar-refractivity contribution in [3.8, 4) is 21.9 Å². The summed E-state index contributed by atoms with van der Waals surface area (Å²) < 4.78 is 52.6. The zero-order valence-corrected chi connectivity index (χ0v) is 15.7. The Kier molecular flexibility index (Phi) is 5.16. The number of hydrogen-bond donors (Lipinski definition) is 1. The van der Waals surface area contributed by atoms with E-state index in [2.05, 4.69) is 5.10 Å². The number of benzene rings is 1. The summed E-state index contributed by atoms with van der Waals surface area (Å²) in [5.74, 6) is 0.736. The Labute approximate surface area is 166 Å². The Morgan fingerprint density at radius 3 is 2.79 bits per heavy atom. The van der Waals surface area contributed by atoms with Gasteiger partial charge in [-0.3, -0.25) is 4.57 Å².